The molecule has 0 amide bonds. The van der Waals surface area contributed by atoms with Gasteiger partial charge in [-0.1, -0.05) is 69.9 Å². The predicted molar refractivity (Wildman–Crippen MR) is 127 cm³/mol. The molecule has 0 aliphatic carbocycles. The van der Waals surface area contributed by atoms with Crippen molar-refractivity contribution >= 4 is 7.82 Å². The van der Waals surface area contributed by atoms with E-state index in [4.69, 9.17) is 13.6 Å². The van der Waals surface area contributed by atoms with Gasteiger partial charge < -0.3 is 0 Å². The molecule has 0 bridgehead atoms. The number of phosphoric acid groups is 1. The number of unbranched alkanes of at least 4 members (excludes halogenated alkanes) is 4. The van der Waals surface area contributed by atoms with Crippen LogP contribution in [0, 0.1) is 0 Å². The first kappa shape index (κ1) is 26.8. The fourth-order valence-electron chi connectivity index (χ4n) is 3.29. The minimum absolute atomic E-state index is 0.121. The molecule has 1 rings (SSSR count). The van der Waals surface area contributed by atoms with E-state index in [1.54, 1.807) is 0 Å². The summed E-state index contributed by atoms with van der Waals surface area (Å²) in [6.45, 7) is 12.2. The van der Waals surface area contributed by atoms with E-state index in [-0.39, 0.29) is 13.2 Å². The summed E-state index contributed by atoms with van der Waals surface area (Å²) in [5.74, 6) is 0. The number of hydrogen-bond donors (Lipinski definition) is 0. The van der Waals surface area contributed by atoms with Gasteiger partial charge in [-0.2, -0.15) is 0 Å². The average Bonchev–Trinajstić information content (AvgIpc) is 2.75. The van der Waals surface area contributed by atoms with Crippen molar-refractivity contribution in [3.8, 4) is 0 Å². The SMILES string of the molecule is C=CCOP(=O)(OCC=C)OCCCc1ccc(CCCCC)cc1CCCCC. The molecule has 0 unspecified atom stereocenters. The van der Waals surface area contributed by atoms with E-state index in [1.165, 1.54) is 67.4 Å². The highest BCUT2D eigenvalue weighted by molar-refractivity contribution is 7.48. The lowest BCUT2D eigenvalue weighted by Crippen LogP contribution is -2.04. The number of phosphoric ester groups is 1. The lowest BCUT2D eigenvalue weighted by Gasteiger charge is -2.17. The molecule has 0 aliphatic heterocycles. The first-order chi connectivity index (χ1) is 14.6. The molecule has 0 radical (unpaired) electrons. The third kappa shape index (κ3) is 11.3. The second-order valence-electron chi connectivity index (χ2n) is 7.57. The van der Waals surface area contributed by atoms with Crippen molar-refractivity contribution in [2.45, 2.75) is 78.1 Å². The third-order valence-corrected chi connectivity index (χ3v) is 6.36. The van der Waals surface area contributed by atoms with Crippen LogP contribution in [-0.4, -0.2) is 19.8 Å². The molecule has 4 nitrogen and oxygen atoms in total. The fourth-order valence-corrected chi connectivity index (χ4v) is 4.45. The van der Waals surface area contributed by atoms with Crippen molar-refractivity contribution in [2.75, 3.05) is 19.8 Å². The lowest BCUT2D eigenvalue weighted by molar-refractivity contribution is 0.130. The number of benzene rings is 1. The highest BCUT2D eigenvalue weighted by Gasteiger charge is 2.25. The van der Waals surface area contributed by atoms with Crippen LogP contribution in [0.1, 0.15) is 75.5 Å². The molecule has 0 heterocycles. The Morgan fingerprint density at radius 1 is 0.800 bits per heavy atom. The summed E-state index contributed by atoms with van der Waals surface area (Å²) >= 11 is 0. The van der Waals surface area contributed by atoms with Gasteiger partial charge in [0, 0.05) is 0 Å². The van der Waals surface area contributed by atoms with Gasteiger partial charge in [-0.25, -0.2) is 4.57 Å². The van der Waals surface area contributed by atoms with Crippen LogP contribution in [0.25, 0.3) is 0 Å². The van der Waals surface area contributed by atoms with Gasteiger partial charge in [-0.15, -0.1) is 13.2 Å². The van der Waals surface area contributed by atoms with Crippen LogP contribution < -0.4 is 0 Å². The van der Waals surface area contributed by atoms with E-state index in [0.717, 1.165) is 25.7 Å². The van der Waals surface area contributed by atoms with Crippen molar-refractivity contribution in [2.24, 2.45) is 0 Å². The quantitative estimate of drug-likeness (QED) is 0.127. The molecule has 0 spiro atoms. The summed E-state index contributed by atoms with van der Waals surface area (Å²) in [5.41, 5.74) is 4.25. The zero-order valence-corrected chi connectivity index (χ0v) is 20.0. The third-order valence-electron chi connectivity index (χ3n) is 4.93. The van der Waals surface area contributed by atoms with Crippen molar-refractivity contribution < 1.29 is 18.1 Å². The zero-order chi connectivity index (χ0) is 22.1. The molecular formula is C25H41O4P. The van der Waals surface area contributed by atoms with Crippen LogP contribution in [0.5, 0.6) is 0 Å². The standard InChI is InChI=1S/C25H41O4P/c1-5-9-11-14-23-17-18-24(25(22-23)15-12-10-6-2)16-13-21-29-30(26,27-19-7-3)28-20-8-4/h7-8,17-18,22H,3-6,9-16,19-21H2,1-2H3. The Morgan fingerprint density at radius 2 is 1.40 bits per heavy atom. The number of hydrogen-bond acceptors (Lipinski definition) is 4. The second-order valence-corrected chi connectivity index (χ2v) is 9.24. The molecule has 0 aliphatic rings. The van der Waals surface area contributed by atoms with E-state index in [1.807, 2.05) is 0 Å². The summed E-state index contributed by atoms with van der Waals surface area (Å²) in [4.78, 5) is 0. The Hall–Kier alpha value is -1.19. The Balaban J connectivity index is 2.66. The van der Waals surface area contributed by atoms with Gasteiger partial charge in [-0.05, 0) is 55.2 Å². The average molecular weight is 437 g/mol. The molecule has 5 heteroatoms. The smallest absolute Gasteiger partial charge is 0.287 e. The monoisotopic (exact) mass is 436 g/mol. The first-order valence-corrected chi connectivity index (χ1v) is 12.9. The maximum atomic E-state index is 12.6. The molecule has 1 aromatic rings. The van der Waals surface area contributed by atoms with Crippen LogP contribution in [0.2, 0.25) is 0 Å². The maximum Gasteiger partial charge on any atom is 0.475 e. The molecule has 1 aromatic carbocycles. The predicted octanol–water partition coefficient (Wildman–Crippen LogP) is 7.61. The maximum absolute atomic E-state index is 12.6. The summed E-state index contributed by atoms with van der Waals surface area (Å²) in [6.07, 6.45) is 14.5. The molecule has 0 N–H and O–H groups in total. The minimum atomic E-state index is -3.57. The summed E-state index contributed by atoms with van der Waals surface area (Å²) < 4.78 is 28.6. The minimum Gasteiger partial charge on any atom is -0.287 e. The summed E-state index contributed by atoms with van der Waals surface area (Å²) in [6, 6.07) is 6.93. The largest absolute Gasteiger partial charge is 0.475 e. The molecule has 0 saturated heterocycles. The van der Waals surface area contributed by atoms with Gasteiger partial charge in [0.2, 0.25) is 0 Å². The zero-order valence-electron chi connectivity index (χ0n) is 19.1. The van der Waals surface area contributed by atoms with Crippen LogP contribution in [0.15, 0.2) is 43.5 Å². The van der Waals surface area contributed by atoms with E-state index >= 15 is 0 Å². The molecule has 170 valence electrons. The van der Waals surface area contributed by atoms with E-state index in [9.17, 15) is 4.57 Å². The Labute approximate surface area is 184 Å². The Morgan fingerprint density at radius 3 is 2.00 bits per heavy atom. The van der Waals surface area contributed by atoms with Crippen LogP contribution in [-0.2, 0) is 37.4 Å². The molecule has 0 fully saturated rings. The van der Waals surface area contributed by atoms with E-state index in [2.05, 4.69) is 45.2 Å². The summed E-state index contributed by atoms with van der Waals surface area (Å²) in [7, 11) is -3.57. The van der Waals surface area contributed by atoms with Gasteiger partial charge in [0.1, 0.15) is 0 Å². The van der Waals surface area contributed by atoms with Gasteiger partial charge in [0.25, 0.3) is 0 Å². The Bertz CT molecular complexity index is 641. The van der Waals surface area contributed by atoms with Gasteiger partial charge in [0.05, 0.1) is 19.8 Å². The lowest BCUT2D eigenvalue weighted by atomic mass is 9.94. The van der Waals surface area contributed by atoms with Gasteiger partial charge in [0.15, 0.2) is 0 Å². The number of rotatable bonds is 19. The fraction of sp³-hybridized carbons (Fsp3) is 0.600. The van der Waals surface area contributed by atoms with E-state index < -0.39 is 7.82 Å². The van der Waals surface area contributed by atoms with Crippen molar-refractivity contribution in [3.63, 3.8) is 0 Å². The van der Waals surface area contributed by atoms with Crippen LogP contribution in [0.3, 0.4) is 0 Å². The highest BCUT2D eigenvalue weighted by Crippen LogP contribution is 2.49. The normalized spacial score (nSPS) is 11.5. The topological polar surface area (TPSA) is 44.8 Å². The second kappa shape index (κ2) is 16.5. The molecule has 30 heavy (non-hydrogen) atoms. The molecular weight excluding hydrogens is 395 g/mol. The molecule has 0 aromatic heterocycles. The van der Waals surface area contributed by atoms with E-state index in [0.29, 0.717) is 6.61 Å². The van der Waals surface area contributed by atoms with Crippen molar-refractivity contribution in [1.29, 1.82) is 0 Å². The van der Waals surface area contributed by atoms with Crippen LogP contribution in [0.4, 0.5) is 0 Å². The highest BCUT2D eigenvalue weighted by atomic mass is 31.2. The molecule has 0 atom stereocenters. The van der Waals surface area contributed by atoms with Crippen molar-refractivity contribution in [3.05, 3.63) is 60.2 Å². The van der Waals surface area contributed by atoms with Gasteiger partial charge in [-0.3, -0.25) is 13.6 Å². The van der Waals surface area contributed by atoms with Crippen LogP contribution >= 0.6 is 7.82 Å². The molecule has 0 saturated carbocycles. The summed E-state index contributed by atoms with van der Waals surface area (Å²) in [5, 5.41) is 0. The Kier molecular flexibility index (Phi) is 14.8. The van der Waals surface area contributed by atoms with Crippen molar-refractivity contribution in [1.82, 2.24) is 0 Å². The van der Waals surface area contributed by atoms with Gasteiger partial charge >= 0.3 is 7.82 Å². The first-order valence-electron chi connectivity index (χ1n) is 11.4. The number of aryl methyl sites for hydroxylation is 3.